The second-order valence-corrected chi connectivity index (χ2v) is 8.91. The van der Waals surface area contributed by atoms with Gasteiger partial charge in [-0.25, -0.2) is 9.97 Å². The number of nitrogens with zero attached hydrogens (tertiary/aromatic N) is 4. The fourth-order valence-corrected chi connectivity index (χ4v) is 4.89. The number of benzene rings is 1. The lowest BCUT2D eigenvalue weighted by molar-refractivity contribution is -0.126. The molecule has 8 heteroatoms. The number of hydrogen-bond donors (Lipinski definition) is 1. The van der Waals surface area contributed by atoms with Crippen LogP contribution in [-0.2, 0) is 22.6 Å². The molecule has 0 aliphatic carbocycles. The molecule has 1 aromatic carbocycles. The molecule has 31 heavy (non-hydrogen) atoms. The first-order valence-electron chi connectivity index (χ1n) is 10.2. The molecule has 0 spiro atoms. The van der Waals surface area contributed by atoms with Crippen LogP contribution in [0.25, 0.3) is 10.2 Å². The van der Waals surface area contributed by atoms with Crippen LogP contribution in [0.15, 0.2) is 48.8 Å². The van der Waals surface area contributed by atoms with E-state index in [0.717, 1.165) is 33.7 Å². The number of likely N-dealkylation sites (N-methyl/N-ethyl adjacent to an activating group) is 1. The molecule has 1 aliphatic heterocycles. The number of rotatable bonds is 8. The summed E-state index contributed by atoms with van der Waals surface area (Å²) < 4.78 is 5.45. The Morgan fingerprint density at radius 1 is 1.29 bits per heavy atom. The van der Waals surface area contributed by atoms with Crippen molar-refractivity contribution < 1.29 is 9.53 Å². The molecule has 0 fully saturated rings. The van der Waals surface area contributed by atoms with Crippen molar-refractivity contribution >= 4 is 33.3 Å². The van der Waals surface area contributed by atoms with Crippen molar-refractivity contribution in [3.05, 3.63) is 64.8 Å². The number of anilines is 1. The van der Waals surface area contributed by atoms with Gasteiger partial charge in [0.15, 0.2) is 0 Å². The molecule has 3 heterocycles. The zero-order valence-electron chi connectivity index (χ0n) is 18.0. The van der Waals surface area contributed by atoms with Gasteiger partial charge in [0.25, 0.3) is 0 Å². The molecule has 0 radical (unpaired) electrons. The summed E-state index contributed by atoms with van der Waals surface area (Å²) >= 11 is 1.64. The van der Waals surface area contributed by atoms with Gasteiger partial charge in [0.05, 0.1) is 24.6 Å². The third-order valence-corrected chi connectivity index (χ3v) is 6.37. The normalized spacial score (nSPS) is 14.5. The van der Waals surface area contributed by atoms with Gasteiger partial charge in [-0.05, 0) is 19.7 Å². The Balaban J connectivity index is 1.59. The molecule has 2 aromatic heterocycles. The maximum Gasteiger partial charge on any atom is 0.246 e. The molecule has 0 bridgehead atoms. The predicted octanol–water partition coefficient (Wildman–Crippen LogP) is 3.45. The van der Waals surface area contributed by atoms with Crippen LogP contribution in [0.2, 0.25) is 0 Å². The van der Waals surface area contributed by atoms with E-state index in [1.807, 2.05) is 48.2 Å². The highest BCUT2D eigenvalue weighted by Gasteiger charge is 2.29. The van der Waals surface area contributed by atoms with Crippen molar-refractivity contribution in [1.29, 1.82) is 0 Å². The highest BCUT2D eigenvalue weighted by molar-refractivity contribution is 7.19. The minimum Gasteiger partial charge on any atom is -0.382 e. The smallest absolute Gasteiger partial charge is 0.246 e. The van der Waals surface area contributed by atoms with Crippen LogP contribution < -0.4 is 5.32 Å². The number of hydrogen-bond acceptors (Lipinski definition) is 7. The molecule has 1 atom stereocenters. The Morgan fingerprint density at radius 3 is 2.84 bits per heavy atom. The highest BCUT2D eigenvalue weighted by atomic mass is 32.1. The Labute approximate surface area is 186 Å². The number of ether oxygens (including phenoxy) is 1. The van der Waals surface area contributed by atoms with E-state index >= 15 is 0 Å². The number of fused-ring (bicyclic) bond motifs is 3. The molecule has 0 saturated carbocycles. The zero-order chi connectivity index (χ0) is 21.8. The van der Waals surface area contributed by atoms with Gasteiger partial charge in [-0.15, -0.1) is 11.3 Å². The Hall–Kier alpha value is -2.81. The first kappa shape index (κ1) is 21.4. The van der Waals surface area contributed by atoms with Crippen molar-refractivity contribution in [1.82, 2.24) is 19.8 Å². The Morgan fingerprint density at radius 2 is 2.10 bits per heavy atom. The number of thiophene rings is 1. The fourth-order valence-electron chi connectivity index (χ4n) is 3.72. The number of methoxy groups -OCH3 is 1. The highest BCUT2D eigenvalue weighted by Crippen LogP contribution is 2.40. The van der Waals surface area contributed by atoms with Gasteiger partial charge in [0.2, 0.25) is 5.91 Å². The zero-order valence-corrected chi connectivity index (χ0v) is 18.9. The van der Waals surface area contributed by atoms with E-state index in [-0.39, 0.29) is 11.9 Å². The summed E-state index contributed by atoms with van der Waals surface area (Å²) in [4.78, 5) is 27.7. The quantitative estimate of drug-likeness (QED) is 0.545. The van der Waals surface area contributed by atoms with Crippen LogP contribution in [0.4, 0.5) is 5.82 Å². The van der Waals surface area contributed by atoms with Crippen molar-refractivity contribution in [2.45, 2.75) is 19.1 Å². The van der Waals surface area contributed by atoms with Gasteiger partial charge in [-0.1, -0.05) is 36.4 Å². The summed E-state index contributed by atoms with van der Waals surface area (Å²) in [6, 6.07) is 10.2. The Bertz CT molecular complexity index is 1080. The first-order valence-corrected chi connectivity index (χ1v) is 11.0. The summed E-state index contributed by atoms with van der Waals surface area (Å²) in [6.07, 6.45) is 5.16. The average molecular weight is 438 g/mol. The van der Waals surface area contributed by atoms with Gasteiger partial charge < -0.3 is 19.9 Å². The van der Waals surface area contributed by atoms with E-state index < -0.39 is 0 Å². The van der Waals surface area contributed by atoms with Gasteiger partial charge in [-0.3, -0.25) is 4.79 Å². The lowest BCUT2D eigenvalue weighted by atomic mass is 10.1. The molecule has 1 unspecified atom stereocenters. The monoisotopic (exact) mass is 437 g/mol. The van der Waals surface area contributed by atoms with E-state index in [0.29, 0.717) is 19.7 Å². The standard InChI is InChI=1S/C23H27N5O2S/c1-27(2)11-7-10-20(29)28-12-17-19(13-28)31-23-21(17)22(24-15-25-23)26-18(14-30-3)16-8-5-4-6-9-16/h4-10,15,18H,11-14H2,1-3H3,(H,24,25,26). The van der Waals surface area contributed by atoms with Crippen LogP contribution in [0.1, 0.15) is 22.0 Å². The summed E-state index contributed by atoms with van der Waals surface area (Å²) in [5.41, 5.74) is 2.27. The van der Waals surface area contributed by atoms with Crippen LogP contribution in [0.3, 0.4) is 0 Å². The topological polar surface area (TPSA) is 70.6 Å². The third kappa shape index (κ3) is 4.76. The van der Waals surface area contributed by atoms with E-state index in [2.05, 4.69) is 27.4 Å². The number of carbonyl (C=O) groups excluding carboxylic acids is 1. The van der Waals surface area contributed by atoms with Crippen molar-refractivity contribution in [2.75, 3.05) is 39.7 Å². The third-order valence-electron chi connectivity index (χ3n) is 5.24. The molecule has 1 aliphatic rings. The molecular formula is C23H27N5O2S. The molecular weight excluding hydrogens is 410 g/mol. The van der Waals surface area contributed by atoms with E-state index in [9.17, 15) is 4.79 Å². The molecule has 4 rings (SSSR count). The summed E-state index contributed by atoms with van der Waals surface area (Å²) in [5, 5.41) is 4.56. The van der Waals surface area contributed by atoms with Gasteiger partial charge in [0, 0.05) is 36.7 Å². The number of aromatic nitrogens is 2. The number of nitrogens with one attached hydrogen (secondary N) is 1. The van der Waals surface area contributed by atoms with Crippen molar-refractivity contribution in [2.24, 2.45) is 0 Å². The number of amides is 1. The van der Waals surface area contributed by atoms with Gasteiger partial charge in [0.1, 0.15) is 17.0 Å². The first-order chi connectivity index (χ1) is 15.1. The second-order valence-electron chi connectivity index (χ2n) is 7.83. The average Bonchev–Trinajstić information content (AvgIpc) is 3.32. The fraction of sp³-hybridized carbons (Fsp3) is 0.348. The molecule has 7 nitrogen and oxygen atoms in total. The van der Waals surface area contributed by atoms with Crippen LogP contribution in [-0.4, -0.2) is 60.0 Å². The molecule has 3 aromatic rings. The maximum absolute atomic E-state index is 12.6. The molecule has 0 saturated heterocycles. The number of carbonyl (C=O) groups is 1. The summed E-state index contributed by atoms with van der Waals surface area (Å²) in [7, 11) is 5.66. The molecule has 1 amide bonds. The Kier molecular flexibility index (Phi) is 6.60. The second kappa shape index (κ2) is 9.55. The lowest BCUT2D eigenvalue weighted by Gasteiger charge is -2.20. The van der Waals surface area contributed by atoms with E-state index in [1.165, 1.54) is 4.88 Å². The van der Waals surface area contributed by atoms with E-state index in [1.54, 1.807) is 30.8 Å². The predicted molar refractivity (Wildman–Crippen MR) is 124 cm³/mol. The van der Waals surface area contributed by atoms with Gasteiger partial charge >= 0.3 is 0 Å². The minimum atomic E-state index is -0.0343. The maximum atomic E-state index is 12.6. The van der Waals surface area contributed by atoms with Gasteiger partial charge in [-0.2, -0.15) is 0 Å². The summed E-state index contributed by atoms with van der Waals surface area (Å²) in [6.45, 7) is 2.44. The SMILES string of the molecule is COCC(Nc1ncnc2sc3c(c12)CN(C(=O)C=CCN(C)C)C3)c1ccccc1. The van der Waals surface area contributed by atoms with Crippen LogP contribution in [0, 0.1) is 0 Å². The largest absolute Gasteiger partial charge is 0.382 e. The molecule has 162 valence electrons. The van der Waals surface area contributed by atoms with Crippen LogP contribution >= 0.6 is 11.3 Å². The van der Waals surface area contributed by atoms with Crippen molar-refractivity contribution in [3.63, 3.8) is 0 Å². The molecule has 1 N–H and O–H groups in total. The lowest BCUT2D eigenvalue weighted by Crippen LogP contribution is -2.23. The minimum absolute atomic E-state index is 0.0336. The summed E-state index contributed by atoms with van der Waals surface area (Å²) in [5.74, 6) is 0.817. The van der Waals surface area contributed by atoms with Crippen molar-refractivity contribution in [3.8, 4) is 0 Å². The van der Waals surface area contributed by atoms with E-state index in [4.69, 9.17) is 4.74 Å². The van der Waals surface area contributed by atoms with Crippen LogP contribution in [0.5, 0.6) is 0 Å².